The van der Waals surface area contributed by atoms with Crippen molar-refractivity contribution in [2.24, 2.45) is 0 Å². The summed E-state index contributed by atoms with van der Waals surface area (Å²) in [4.78, 5) is 44.4. The molecule has 1 aliphatic heterocycles. The Balaban J connectivity index is 1.64. The van der Waals surface area contributed by atoms with Crippen LogP contribution in [0.25, 0.3) is 0 Å². The minimum absolute atomic E-state index is 0.0319. The SMILES string of the molecule is CC(NC(CCc1ccccc1)C(=O)O)C(=O)N1Cc2ccccc2CC1C(=O)OCCCCON(O)O. The monoisotopic (exact) mass is 529 g/mol. The first kappa shape index (κ1) is 29.2. The second-order valence-corrected chi connectivity index (χ2v) is 9.22. The molecule has 0 spiro atoms. The van der Waals surface area contributed by atoms with Crippen LogP contribution >= 0.6 is 0 Å². The first-order valence-electron chi connectivity index (χ1n) is 12.6. The maximum absolute atomic E-state index is 13.5. The van der Waals surface area contributed by atoms with Gasteiger partial charge < -0.3 is 14.7 Å². The van der Waals surface area contributed by atoms with Gasteiger partial charge >= 0.3 is 11.9 Å². The van der Waals surface area contributed by atoms with Gasteiger partial charge in [-0.15, -0.1) is 0 Å². The van der Waals surface area contributed by atoms with Crippen LogP contribution in [0.5, 0.6) is 0 Å². The van der Waals surface area contributed by atoms with E-state index in [9.17, 15) is 19.5 Å². The van der Waals surface area contributed by atoms with E-state index in [2.05, 4.69) is 10.2 Å². The van der Waals surface area contributed by atoms with Gasteiger partial charge in [0, 0.05) is 13.0 Å². The fourth-order valence-electron chi connectivity index (χ4n) is 4.44. The van der Waals surface area contributed by atoms with Crippen LogP contribution in [-0.2, 0) is 43.3 Å². The van der Waals surface area contributed by atoms with E-state index in [4.69, 9.17) is 15.2 Å². The Hall–Kier alpha value is -3.35. The number of aryl methyl sites for hydroxylation is 1. The number of benzene rings is 2. The largest absolute Gasteiger partial charge is 0.480 e. The quantitative estimate of drug-likeness (QED) is 0.163. The molecule has 1 heterocycles. The summed E-state index contributed by atoms with van der Waals surface area (Å²) in [5.74, 6) is -1.98. The maximum atomic E-state index is 13.5. The summed E-state index contributed by atoms with van der Waals surface area (Å²) >= 11 is 0. The number of nitrogens with one attached hydrogen (secondary N) is 1. The van der Waals surface area contributed by atoms with Crippen molar-refractivity contribution in [2.75, 3.05) is 13.2 Å². The Labute approximate surface area is 221 Å². The van der Waals surface area contributed by atoms with Crippen LogP contribution in [0.4, 0.5) is 0 Å². The minimum atomic E-state index is -1.05. The molecule has 0 saturated heterocycles. The first-order chi connectivity index (χ1) is 18.3. The van der Waals surface area contributed by atoms with Crippen molar-refractivity contribution in [2.45, 2.75) is 63.7 Å². The highest BCUT2D eigenvalue weighted by atomic mass is 17.1. The van der Waals surface area contributed by atoms with E-state index in [0.717, 1.165) is 16.7 Å². The predicted molar refractivity (Wildman–Crippen MR) is 135 cm³/mol. The van der Waals surface area contributed by atoms with Gasteiger partial charge in [-0.3, -0.25) is 30.2 Å². The molecule has 1 aliphatic rings. The van der Waals surface area contributed by atoms with Gasteiger partial charge in [0.2, 0.25) is 5.91 Å². The average molecular weight is 530 g/mol. The van der Waals surface area contributed by atoms with E-state index in [1.54, 1.807) is 6.92 Å². The van der Waals surface area contributed by atoms with Gasteiger partial charge in [-0.05, 0) is 49.3 Å². The lowest BCUT2D eigenvalue weighted by Gasteiger charge is -2.37. The molecule has 0 fully saturated rings. The summed E-state index contributed by atoms with van der Waals surface area (Å²) in [6.45, 7) is 1.92. The molecule has 3 unspecified atom stereocenters. The number of esters is 1. The summed E-state index contributed by atoms with van der Waals surface area (Å²) in [6.07, 6.45) is 1.98. The van der Waals surface area contributed by atoms with Crippen LogP contribution in [-0.4, -0.2) is 75.0 Å². The normalized spacial score (nSPS) is 16.5. The number of amides is 1. The topological polar surface area (TPSA) is 149 Å². The number of nitrogens with zero attached hydrogens (tertiary/aromatic N) is 2. The van der Waals surface area contributed by atoms with Gasteiger partial charge in [0.15, 0.2) is 0 Å². The third kappa shape index (κ3) is 8.61. The number of carbonyl (C=O) groups excluding carboxylic acids is 2. The number of unbranched alkanes of at least 4 members (excludes halogenated alkanes) is 1. The number of hydrogen-bond donors (Lipinski definition) is 4. The maximum Gasteiger partial charge on any atom is 0.329 e. The Morgan fingerprint density at radius 1 is 1.03 bits per heavy atom. The highest BCUT2D eigenvalue weighted by molar-refractivity contribution is 5.88. The molecule has 11 heteroatoms. The average Bonchev–Trinajstić information content (AvgIpc) is 2.91. The molecule has 11 nitrogen and oxygen atoms in total. The predicted octanol–water partition coefficient (Wildman–Crippen LogP) is 2.34. The van der Waals surface area contributed by atoms with Crippen molar-refractivity contribution in [3.05, 3.63) is 71.3 Å². The lowest BCUT2D eigenvalue weighted by atomic mass is 9.93. The molecule has 3 rings (SSSR count). The highest BCUT2D eigenvalue weighted by Crippen LogP contribution is 2.25. The van der Waals surface area contributed by atoms with Gasteiger partial charge in [-0.1, -0.05) is 54.6 Å². The van der Waals surface area contributed by atoms with Crippen molar-refractivity contribution >= 4 is 17.8 Å². The van der Waals surface area contributed by atoms with E-state index in [1.807, 2.05) is 54.6 Å². The molecule has 2 aromatic rings. The number of rotatable bonds is 14. The molecule has 0 radical (unpaired) electrons. The molecule has 0 saturated carbocycles. The number of ether oxygens (including phenoxy) is 1. The summed E-state index contributed by atoms with van der Waals surface area (Å²) in [7, 11) is 0. The molecule has 4 N–H and O–H groups in total. The van der Waals surface area contributed by atoms with E-state index >= 15 is 0 Å². The van der Waals surface area contributed by atoms with Crippen LogP contribution in [0.3, 0.4) is 0 Å². The summed E-state index contributed by atoms with van der Waals surface area (Å²) in [5, 5.41) is 29.4. The summed E-state index contributed by atoms with van der Waals surface area (Å²) in [6, 6.07) is 14.5. The third-order valence-corrected chi connectivity index (χ3v) is 6.48. The van der Waals surface area contributed by atoms with E-state index in [1.165, 1.54) is 4.90 Å². The molecule has 3 atom stereocenters. The second kappa shape index (κ2) is 14.6. The Bertz CT molecular complexity index is 1070. The molecule has 0 bridgehead atoms. The van der Waals surface area contributed by atoms with E-state index in [0.29, 0.717) is 25.7 Å². The zero-order chi connectivity index (χ0) is 27.5. The van der Waals surface area contributed by atoms with E-state index < -0.39 is 30.1 Å². The molecular weight excluding hydrogens is 494 g/mol. The lowest BCUT2D eigenvalue weighted by molar-refractivity contribution is -0.492. The standard InChI is InChI=1S/C27H35N3O8/c1-19(28-23(26(32)33)14-13-20-9-3-2-4-10-20)25(31)29-18-22-12-6-5-11-21(22)17-24(29)27(34)37-15-7-8-16-38-30(35)36/h2-6,9-12,19,23-24,28,35-36H,7-8,13-18H2,1H3,(H,32,33). The Kier molecular flexibility index (Phi) is 11.2. The molecule has 2 aromatic carbocycles. The van der Waals surface area contributed by atoms with Crippen LogP contribution < -0.4 is 5.32 Å². The number of carboxylic acid groups (broad SMARTS) is 1. The fraction of sp³-hybridized carbons (Fsp3) is 0.444. The number of carboxylic acids is 1. The molecule has 1 amide bonds. The fourth-order valence-corrected chi connectivity index (χ4v) is 4.44. The van der Waals surface area contributed by atoms with Crippen LogP contribution in [0.2, 0.25) is 0 Å². The van der Waals surface area contributed by atoms with Gasteiger partial charge in [0.05, 0.1) is 24.6 Å². The van der Waals surface area contributed by atoms with Gasteiger partial charge in [0.25, 0.3) is 0 Å². The smallest absolute Gasteiger partial charge is 0.329 e. The van der Waals surface area contributed by atoms with Crippen molar-refractivity contribution in [1.29, 1.82) is 0 Å². The molecule has 0 aliphatic carbocycles. The number of fused-ring (bicyclic) bond motifs is 1. The highest BCUT2D eigenvalue weighted by Gasteiger charge is 2.38. The summed E-state index contributed by atoms with van der Waals surface area (Å²) in [5.41, 5.74) is 2.88. The van der Waals surface area contributed by atoms with E-state index in [-0.39, 0.29) is 37.5 Å². The molecule has 0 aromatic heterocycles. The first-order valence-corrected chi connectivity index (χ1v) is 12.6. The van der Waals surface area contributed by atoms with Gasteiger partial charge in [0.1, 0.15) is 12.1 Å². The van der Waals surface area contributed by atoms with Gasteiger partial charge in [-0.2, -0.15) is 0 Å². The van der Waals surface area contributed by atoms with Crippen LogP contribution in [0.15, 0.2) is 54.6 Å². The number of hydrogen-bond acceptors (Lipinski definition) is 9. The van der Waals surface area contributed by atoms with Crippen molar-refractivity contribution in [3.63, 3.8) is 0 Å². The minimum Gasteiger partial charge on any atom is -0.480 e. The van der Waals surface area contributed by atoms with Crippen LogP contribution in [0, 0.1) is 0 Å². The molecule has 206 valence electrons. The molecule has 38 heavy (non-hydrogen) atoms. The Morgan fingerprint density at radius 3 is 2.37 bits per heavy atom. The second-order valence-electron chi connectivity index (χ2n) is 9.22. The third-order valence-electron chi connectivity index (χ3n) is 6.48. The van der Waals surface area contributed by atoms with Crippen molar-refractivity contribution in [3.8, 4) is 0 Å². The van der Waals surface area contributed by atoms with Gasteiger partial charge in [-0.25, -0.2) is 4.79 Å². The summed E-state index contributed by atoms with van der Waals surface area (Å²) < 4.78 is 5.43. The van der Waals surface area contributed by atoms with Crippen molar-refractivity contribution in [1.82, 2.24) is 15.6 Å². The number of carbonyl (C=O) groups is 3. The molecular formula is C27H35N3O8. The lowest BCUT2D eigenvalue weighted by Crippen LogP contribution is -2.56. The zero-order valence-corrected chi connectivity index (χ0v) is 21.4. The van der Waals surface area contributed by atoms with Crippen molar-refractivity contribution < 1.29 is 39.5 Å². The zero-order valence-electron chi connectivity index (χ0n) is 21.4. The Morgan fingerprint density at radius 2 is 1.68 bits per heavy atom. The van der Waals surface area contributed by atoms with Crippen LogP contribution in [0.1, 0.15) is 42.9 Å². The number of aliphatic carboxylic acids is 1.